The Morgan fingerprint density at radius 3 is 2.67 bits per heavy atom. The van der Waals surface area contributed by atoms with Crippen molar-refractivity contribution in [1.82, 2.24) is 19.8 Å². The predicted octanol–water partition coefficient (Wildman–Crippen LogP) is -0.943. The number of sulfonamides is 1. The molecule has 120 valence electrons. The molecule has 0 aliphatic carbocycles. The summed E-state index contributed by atoms with van der Waals surface area (Å²) in [6.07, 6.45) is 6.74. The van der Waals surface area contributed by atoms with Crippen molar-refractivity contribution in [3.05, 3.63) is 12.2 Å². The Labute approximate surface area is 127 Å². The normalized spacial score (nSPS) is 24.0. The first kappa shape index (κ1) is 16.3. The number of guanidine groups is 1. The van der Waals surface area contributed by atoms with Crippen LogP contribution in [0.2, 0.25) is 0 Å². The summed E-state index contributed by atoms with van der Waals surface area (Å²) < 4.78 is 24.5. The van der Waals surface area contributed by atoms with Gasteiger partial charge in [-0.1, -0.05) is 12.2 Å². The van der Waals surface area contributed by atoms with E-state index in [1.54, 1.807) is 7.05 Å². The monoisotopic (exact) mass is 315 g/mol. The molecule has 2 rings (SSSR count). The van der Waals surface area contributed by atoms with Crippen LogP contribution < -0.4 is 10.0 Å². The molecule has 0 aromatic heterocycles. The third-order valence-corrected chi connectivity index (χ3v) is 4.54. The van der Waals surface area contributed by atoms with E-state index in [1.165, 1.54) is 0 Å². The molecule has 0 aromatic rings. The fourth-order valence-corrected chi connectivity index (χ4v) is 3.24. The van der Waals surface area contributed by atoms with Crippen LogP contribution in [-0.4, -0.2) is 82.8 Å². The van der Waals surface area contributed by atoms with Crippen molar-refractivity contribution in [3.8, 4) is 0 Å². The first-order valence-electron chi connectivity index (χ1n) is 7.29. The lowest BCUT2D eigenvalue weighted by atomic mass is 10.2. The molecule has 2 heterocycles. The van der Waals surface area contributed by atoms with Crippen molar-refractivity contribution in [3.63, 3.8) is 0 Å². The van der Waals surface area contributed by atoms with Gasteiger partial charge in [0.05, 0.1) is 6.26 Å². The van der Waals surface area contributed by atoms with Gasteiger partial charge in [-0.2, -0.15) is 0 Å². The molecule has 1 atom stereocenters. The van der Waals surface area contributed by atoms with Gasteiger partial charge in [0.2, 0.25) is 10.0 Å². The molecule has 0 radical (unpaired) electrons. The number of likely N-dealkylation sites (tertiary alicyclic amines) is 1. The molecule has 0 amide bonds. The van der Waals surface area contributed by atoms with Crippen LogP contribution >= 0.6 is 0 Å². The van der Waals surface area contributed by atoms with Gasteiger partial charge in [-0.3, -0.25) is 9.89 Å². The topological polar surface area (TPSA) is 77.0 Å². The van der Waals surface area contributed by atoms with Crippen LogP contribution in [0.3, 0.4) is 0 Å². The highest BCUT2D eigenvalue weighted by Crippen LogP contribution is 2.17. The van der Waals surface area contributed by atoms with Gasteiger partial charge in [0.25, 0.3) is 0 Å². The lowest BCUT2D eigenvalue weighted by molar-refractivity contribution is 0.259. The van der Waals surface area contributed by atoms with Crippen LogP contribution in [0.4, 0.5) is 0 Å². The number of rotatable bonds is 5. The summed E-state index contributed by atoms with van der Waals surface area (Å²) in [7, 11) is -1.36. The number of nitrogens with one attached hydrogen (secondary N) is 2. The molecule has 1 unspecified atom stereocenters. The summed E-state index contributed by atoms with van der Waals surface area (Å²) >= 11 is 0. The lowest BCUT2D eigenvalue weighted by Gasteiger charge is -2.25. The first-order chi connectivity index (χ1) is 9.99. The van der Waals surface area contributed by atoms with E-state index in [0.717, 1.165) is 44.8 Å². The summed E-state index contributed by atoms with van der Waals surface area (Å²) in [5.74, 6) is 0.847. The zero-order valence-corrected chi connectivity index (χ0v) is 13.6. The van der Waals surface area contributed by atoms with Gasteiger partial charge >= 0.3 is 0 Å². The molecule has 8 heteroatoms. The summed E-state index contributed by atoms with van der Waals surface area (Å²) in [6, 6.07) is 0.577. The Hall–Kier alpha value is -1.12. The standard InChI is InChI=1S/C13H25N5O2S/c1-14-13(15-6-7-16-21(2,19)20)18-10-5-12(11-18)17-8-3-4-9-17/h3-4,12,16H,5-11H2,1-2H3,(H,14,15). The van der Waals surface area contributed by atoms with Crippen molar-refractivity contribution in [1.29, 1.82) is 0 Å². The van der Waals surface area contributed by atoms with Crippen molar-refractivity contribution in [2.24, 2.45) is 4.99 Å². The van der Waals surface area contributed by atoms with Gasteiger partial charge in [0.1, 0.15) is 0 Å². The zero-order valence-electron chi connectivity index (χ0n) is 12.7. The highest BCUT2D eigenvalue weighted by Gasteiger charge is 2.29. The number of hydrogen-bond donors (Lipinski definition) is 2. The summed E-state index contributed by atoms with van der Waals surface area (Å²) in [6.45, 7) is 4.95. The van der Waals surface area contributed by atoms with Crippen molar-refractivity contribution in [2.45, 2.75) is 12.5 Å². The maximum absolute atomic E-state index is 11.0. The van der Waals surface area contributed by atoms with E-state index in [2.05, 4.69) is 37.0 Å². The van der Waals surface area contributed by atoms with Crippen molar-refractivity contribution in [2.75, 3.05) is 52.6 Å². The molecular formula is C13H25N5O2S. The third-order valence-electron chi connectivity index (χ3n) is 3.81. The second-order valence-electron chi connectivity index (χ2n) is 5.45. The van der Waals surface area contributed by atoms with Gasteiger partial charge in [-0.25, -0.2) is 13.1 Å². The molecule has 1 saturated heterocycles. The minimum Gasteiger partial charge on any atom is -0.355 e. The highest BCUT2D eigenvalue weighted by molar-refractivity contribution is 7.88. The van der Waals surface area contributed by atoms with Crippen LogP contribution in [0.1, 0.15) is 6.42 Å². The van der Waals surface area contributed by atoms with E-state index in [1.807, 2.05) is 0 Å². The minimum absolute atomic E-state index is 0.366. The number of aliphatic imine (C=N–C) groups is 1. The van der Waals surface area contributed by atoms with Gasteiger partial charge in [0.15, 0.2) is 5.96 Å². The zero-order chi connectivity index (χ0) is 15.3. The fraction of sp³-hybridized carbons (Fsp3) is 0.769. The quantitative estimate of drug-likeness (QED) is 0.296. The van der Waals surface area contributed by atoms with Gasteiger partial charge < -0.3 is 10.2 Å². The largest absolute Gasteiger partial charge is 0.355 e. The molecule has 1 fully saturated rings. The Balaban J connectivity index is 1.74. The summed E-state index contributed by atoms with van der Waals surface area (Å²) in [4.78, 5) is 9.00. The molecular weight excluding hydrogens is 290 g/mol. The van der Waals surface area contributed by atoms with Crippen LogP contribution in [-0.2, 0) is 10.0 Å². The molecule has 21 heavy (non-hydrogen) atoms. The summed E-state index contributed by atoms with van der Waals surface area (Å²) in [5, 5.41) is 3.21. The molecule has 7 nitrogen and oxygen atoms in total. The predicted molar refractivity (Wildman–Crippen MR) is 84.9 cm³/mol. The number of hydrogen-bond acceptors (Lipinski definition) is 4. The van der Waals surface area contributed by atoms with Crippen LogP contribution in [0.15, 0.2) is 17.1 Å². The molecule has 2 N–H and O–H groups in total. The van der Waals surface area contributed by atoms with Crippen molar-refractivity contribution < 1.29 is 8.42 Å². The second-order valence-corrected chi connectivity index (χ2v) is 7.29. The third kappa shape index (κ3) is 4.98. The molecule has 2 aliphatic heterocycles. The van der Waals surface area contributed by atoms with Gasteiger partial charge in [0, 0.05) is 52.4 Å². The van der Waals surface area contributed by atoms with E-state index in [4.69, 9.17) is 0 Å². The molecule has 0 spiro atoms. The first-order valence-corrected chi connectivity index (χ1v) is 9.18. The minimum atomic E-state index is -3.12. The maximum Gasteiger partial charge on any atom is 0.208 e. The maximum atomic E-state index is 11.0. The van der Waals surface area contributed by atoms with Crippen LogP contribution in [0, 0.1) is 0 Å². The molecule has 0 saturated carbocycles. The smallest absolute Gasteiger partial charge is 0.208 e. The Bertz CT molecular complexity index is 495. The van der Waals surface area contributed by atoms with E-state index >= 15 is 0 Å². The Morgan fingerprint density at radius 2 is 2.05 bits per heavy atom. The van der Waals surface area contributed by atoms with Crippen LogP contribution in [0.5, 0.6) is 0 Å². The SMILES string of the molecule is CN=C(NCCNS(C)(=O)=O)N1CCC(N2CC=CC2)C1. The van der Waals surface area contributed by atoms with E-state index < -0.39 is 10.0 Å². The average molecular weight is 315 g/mol. The van der Waals surface area contributed by atoms with E-state index in [0.29, 0.717) is 19.1 Å². The van der Waals surface area contributed by atoms with Gasteiger partial charge in [-0.15, -0.1) is 0 Å². The Kier molecular flexibility index (Phi) is 5.60. The van der Waals surface area contributed by atoms with Crippen molar-refractivity contribution >= 4 is 16.0 Å². The molecule has 0 aromatic carbocycles. The van der Waals surface area contributed by atoms with Crippen LogP contribution in [0.25, 0.3) is 0 Å². The van der Waals surface area contributed by atoms with Gasteiger partial charge in [-0.05, 0) is 6.42 Å². The highest BCUT2D eigenvalue weighted by atomic mass is 32.2. The second kappa shape index (κ2) is 7.24. The average Bonchev–Trinajstić information content (AvgIpc) is 3.08. The Morgan fingerprint density at radius 1 is 1.33 bits per heavy atom. The molecule has 0 bridgehead atoms. The number of nitrogens with zero attached hydrogens (tertiary/aromatic N) is 3. The van der Waals surface area contributed by atoms with E-state index in [9.17, 15) is 8.42 Å². The lowest BCUT2D eigenvalue weighted by Crippen LogP contribution is -2.44. The fourth-order valence-electron chi connectivity index (χ4n) is 2.77. The summed E-state index contributed by atoms with van der Waals surface area (Å²) in [5.41, 5.74) is 0. The molecule has 2 aliphatic rings. The van der Waals surface area contributed by atoms with E-state index in [-0.39, 0.29) is 0 Å².